The summed E-state index contributed by atoms with van der Waals surface area (Å²) in [5.41, 5.74) is 4.75. The molecule has 2 aromatic heterocycles. The molecule has 1 aromatic carbocycles. The Kier molecular flexibility index (Phi) is 4.17. The van der Waals surface area contributed by atoms with Crippen molar-refractivity contribution in [1.29, 1.82) is 0 Å². The second kappa shape index (κ2) is 6.08. The lowest BCUT2D eigenvalue weighted by Gasteiger charge is -2.08. The smallest absolute Gasteiger partial charge is 0.121 e. The Morgan fingerprint density at radius 3 is 2.86 bits per heavy atom. The van der Waals surface area contributed by atoms with E-state index in [1.807, 2.05) is 12.1 Å². The molecule has 5 heteroatoms. The van der Waals surface area contributed by atoms with E-state index in [-0.39, 0.29) is 0 Å². The van der Waals surface area contributed by atoms with Crippen LogP contribution in [0.2, 0.25) is 0 Å². The Bertz CT molecular complexity index is 763. The van der Waals surface area contributed by atoms with Crippen molar-refractivity contribution < 1.29 is 4.74 Å². The molecule has 21 heavy (non-hydrogen) atoms. The number of fused-ring (bicyclic) bond motifs is 1. The Morgan fingerprint density at radius 1 is 1.33 bits per heavy atom. The molecular weight excluding hydrogens is 304 g/mol. The third kappa shape index (κ3) is 2.78. The zero-order chi connectivity index (χ0) is 14.8. The van der Waals surface area contributed by atoms with Gasteiger partial charge in [0, 0.05) is 18.4 Å². The van der Waals surface area contributed by atoms with Crippen LogP contribution in [-0.2, 0) is 13.0 Å². The summed E-state index contributed by atoms with van der Waals surface area (Å²) in [6.45, 7) is 2.99. The average molecular weight is 321 g/mol. The number of benzene rings is 1. The molecule has 0 amide bonds. The molecule has 0 fully saturated rings. The normalized spacial score (nSPS) is 11.2. The number of aromatic nitrogens is 2. The fourth-order valence-electron chi connectivity index (χ4n) is 2.46. The van der Waals surface area contributed by atoms with Crippen LogP contribution in [0.15, 0.2) is 29.0 Å². The van der Waals surface area contributed by atoms with E-state index in [0.717, 1.165) is 35.6 Å². The third-order valence-corrected chi connectivity index (χ3v) is 4.74. The van der Waals surface area contributed by atoms with Gasteiger partial charge in [-0.25, -0.2) is 4.98 Å². The molecule has 0 aliphatic heterocycles. The maximum Gasteiger partial charge on any atom is 0.121 e. The predicted molar refractivity (Wildman–Crippen MR) is 88.9 cm³/mol. The molecule has 0 radical (unpaired) electrons. The fourth-order valence-corrected chi connectivity index (χ4v) is 3.47. The van der Waals surface area contributed by atoms with Crippen molar-refractivity contribution in [3.63, 3.8) is 0 Å². The number of hydrogen-bond acceptors (Lipinski definition) is 3. The minimum atomic E-state index is 0.572. The highest BCUT2D eigenvalue weighted by atomic mass is 35.5. The molecule has 3 nitrogen and oxygen atoms in total. The summed E-state index contributed by atoms with van der Waals surface area (Å²) in [4.78, 5) is 4.72. The molecule has 0 saturated carbocycles. The number of nitrogens with zero attached hydrogens (tertiary/aromatic N) is 2. The van der Waals surface area contributed by atoms with E-state index in [1.165, 1.54) is 11.1 Å². The van der Waals surface area contributed by atoms with Crippen LogP contribution in [0, 0.1) is 6.92 Å². The molecule has 0 aliphatic carbocycles. The minimum Gasteiger partial charge on any atom is -0.497 e. The standard InChI is InChI=1S/C16H17ClN2OS/c1-11-9-21-10-12(11)8-19-15-4-3-13(20-2)7-14(15)18-16(19)5-6-17/h3-4,7,9-10H,5-6,8H2,1-2H3. The molecule has 0 bridgehead atoms. The summed E-state index contributed by atoms with van der Waals surface area (Å²) in [6, 6.07) is 6.02. The number of imidazole rings is 1. The molecule has 0 unspecified atom stereocenters. The van der Waals surface area contributed by atoms with Gasteiger partial charge in [-0.3, -0.25) is 0 Å². The van der Waals surface area contributed by atoms with Crippen LogP contribution in [-0.4, -0.2) is 22.5 Å². The first-order valence-electron chi connectivity index (χ1n) is 6.83. The van der Waals surface area contributed by atoms with Gasteiger partial charge < -0.3 is 9.30 Å². The summed E-state index contributed by atoms with van der Waals surface area (Å²) < 4.78 is 7.54. The zero-order valence-electron chi connectivity index (χ0n) is 12.1. The Morgan fingerprint density at radius 2 is 2.19 bits per heavy atom. The predicted octanol–water partition coefficient (Wildman–Crippen LogP) is 4.24. The largest absolute Gasteiger partial charge is 0.497 e. The highest BCUT2D eigenvalue weighted by molar-refractivity contribution is 7.08. The summed E-state index contributed by atoms with van der Waals surface area (Å²) in [5.74, 6) is 2.43. The SMILES string of the molecule is COc1ccc2c(c1)nc(CCCl)n2Cc1cscc1C. The van der Waals surface area contributed by atoms with Gasteiger partial charge in [0.1, 0.15) is 11.6 Å². The van der Waals surface area contributed by atoms with Crippen molar-refractivity contribution in [2.75, 3.05) is 13.0 Å². The first-order chi connectivity index (χ1) is 10.2. The van der Waals surface area contributed by atoms with Crippen LogP contribution in [0.3, 0.4) is 0 Å². The molecule has 0 atom stereocenters. The highest BCUT2D eigenvalue weighted by Gasteiger charge is 2.12. The first kappa shape index (κ1) is 14.4. The quantitative estimate of drug-likeness (QED) is 0.657. The van der Waals surface area contributed by atoms with E-state index in [4.69, 9.17) is 21.3 Å². The minimum absolute atomic E-state index is 0.572. The summed E-state index contributed by atoms with van der Waals surface area (Å²) in [5, 5.41) is 4.38. The van der Waals surface area contributed by atoms with Crippen LogP contribution in [0.4, 0.5) is 0 Å². The van der Waals surface area contributed by atoms with Crippen molar-refractivity contribution in [3.8, 4) is 5.75 Å². The van der Waals surface area contributed by atoms with E-state index < -0.39 is 0 Å². The second-order valence-electron chi connectivity index (χ2n) is 4.99. The number of rotatable bonds is 5. The first-order valence-corrected chi connectivity index (χ1v) is 8.31. The summed E-state index contributed by atoms with van der Waals surface area (Å²) >= 11 is 7.67. The maximum absolute atomic E-state index is 5.93. The monoisotopic (exact) mass is 320 g/mol. The van der Waals surface area contributed by atoms with Crippen molar-refractivity contribution in [2.24, 2.45) is 0 Å². The van der Waals surface area contributed by atoms with Crippen molar-refractivity contribution in [2.45, 2.75) is 19.9 Å². The molecule has 0 N–H and O–H groups in total. The highest BCUT2D eigenvalue weighted by Crippen LogP contribution is 2.24. The van der Waals surface area contributed by atoms with E-state index in [9.17, 15) is 0 Å². The van der Waals surface area contributed by atoms with E-state index in [0.29, 0.717) is 5.88 Å². The number of alkyl halides is 1. The number of halogens is 1. The van der Waals surface area contributed by atoms with Crippen molar-refractivity contribution in [3.05, 3.63) is 45.9 Å². The van der Waals surface area contributed by atoms with Crippen LogP contribution in [0.1, 0.15) is 17.0 Å². The summed E-state index contributed by atoms with van der Waals surface area (Å²) in [6.07, 6.45) is 0.766. The van der Waals surface area contributed by atoms with Gasteiger partial charge >= 0.3 is 0 Å². The Balaban J connectivity index is 2.09. The number of thiophene rings is 1. The van der Waals surface area contributed by atoms with Gasteiger partial charge in [-0.1, -0.05) is 0 Å². The maximum atomic E-state index is 5.93. The van der Waals surface area contributed by atoms with E-state index in [1.54, 1.807) is 18.4 Å². The van der Waals surface area contributed by atoms with Gasteiger partial charge in [-0.2, -0.15) is 11.3 Å². The van der Waals surface area contributed by atoms with Gasteiger partial charge in [0.25, 0.3) is 0 Å². The van der Waals surface area contributed by atoms with E-state index >= 15 is 0 Å². The molecular formula is C16H17ClN2OS. The van der Waals surface area contributed by atoms with Gasteiger partial charge in [0.05, 0.1) is 24.7 Å². The van der Waals surface area contributed by atoms with Gasteiger partial charge in [-0.15, -0.1) is 11.6 Å². The second-order valence-corrected chi connectivity index (χ2v) is 6.11. The van der Waals surface area contributed by atoms with Crippen LogP contribution >= 0.6 is 22.9 Å². The van der Waals surface area contributed by atoms with Crippen LogP contribution in [0.5, 0.6) is 5.75 Å². The van der Waals surface area contributed by atoms with Crippen molar-refractivity contribution >= 4 is 34.0 Å². The third-order valence-electron chi connectivity index (χ3n) is 3.64. The topological polar surface area (TPSA) is 27.1 Å². The van der Waals surface area contributed by atoms with Gasteiger partial charge in [-0.05, 0) is 40.9 Å². The number of hydrogen-bond donors (Lipinski definition) is 0. The Labute approximate surface area is 133 Å². The molecule has 0 saturated heterocycles. The molecule has 3 rings (SSSR count). The molecule has 110 valence electrons. The molecule has 0 spiro atoms. The molecule has 2 heterocycles. The lowest BCUT2D eigenvalue weighted by atomic mass is 10.2. The molecule has 0 aliphatic rings. The van der Waals surface area contributed by atoms with Crippen LogP contribution in [0.25, 0.3) is 11.0 Å². The average Bonchev–Trinajstić information content (AvgIpc) is 3.04. The lowest BCUT2D eigenvalue weighted by molar-refractivity contribution is 0.415. The Hall–Kier alpha value is -1.52. The van der Waals surface area contributed by atoms with Crippen molar-refractivity contribution in [1.82, 2.24) is 9.55 Å². The number of methoxy groups -OCH3 is 1. The zero-order valence-corrected chi connectivity index (χ0v) is 13.7. The fraction of sp³-hybridized carbons (Fsp3) is 0.312. The summed E-state index contributed by atoms with van der Waals surface area (Å²) in [7, 11) is 1.67. The lowest BCUT2D eigenvalue weighted by Crippen LogP contribution is -2.06. The number of aryl methyl sites for hydroxylation is 2. The number of ether oxygens (including phenoxy) is 1. The van der Waals surface area contributed by atoms with Gasteiger partial charge in [0.15, 0.2) is 0 Å². The van der Waals surface area contributed by atoms with Gasteiger partial charge in [0.2, 0.25) is 0 Å². The van der Waals surface area contributed by atoms with E-state index in [2.05, 4.69) is 28.3 Å². The molecule has 3 aromatic rings. The van der Waals surface area contributed by atoms with Crippen LogP contribution < -0.4 is 4.74 Å².